The van der Waals surface area contributed by atoms with Gasteiger partial charge in [0.1, 0.15) is 0 Å². The second-order valence-corrected chi connectivity index (χ2v) is 4.29. The Morgan fingerprint density at radius 1 is 1.39 bits per heavy atom. The Morgan fingerprint density at radius 3 is 2.83 bits per heavy atom. The van der Waals surface area contributed by atoms with Gasteiger partial charge in [-0.1, -0.05) is 30.3 Å². The predicted octanol–water partition coefficient (Wildman–Crippen LogP) is 1.34. The van der Waals surface area contributed by atoms with Crippen LogP contribution in [0.3, 0.4) is 0 Å². The number of hydrogen-bond donors (Lipinski definition) is 2. The van der Waals surface area contributed by atoms with E-state index in [9.17, 15) is 4.79 Å². The van der Waals surface area contributed by atoms with Crippen molar-refractivity contribution in [2.24, 2.45) is 0 Å². The summed E-state index contributed by atoms with van der Waals surface area (Å²) in [5.74, 6) is -0.886. The quantitative estimate of drug-likeness (QED) is 0.590. The van der Waals surface area contributed by atoms with Crippen LogP contribution in [0.5, 0.6) is 0 Å². The van der Waals surface area contributed by atoms with Crippen molar-refractivity contribution in [1.82, 2.24) is 5.48 Å². The first-order chi connectivity index (χ1) is 8.75. The van der Waals surface area contributed by atoms with E-state index in [4.69, 9.17) is 14.7 Å². The molecule has 1 heterocycles. The Hall–Kier alpha value is -1.43. The van der Waals surface area contributed by atoms with Gasteiger partial charge in [0.15, 0.2) is 6.10 Å². The summed E-state index contributed by atoms with van der Waals surface area (Å²) in [4.78, 5) is 16.0. The highest BCUT2D eigenvalue weighted by Crippen LogP contribution is 2.19. The lowest BCUT2D eigenvalue weighted by Crippen LogP contribution is -2.29. The molecule has 0 radical (unpaired) electrons. The minimum Gasteiger partial charge on any atom is -0.479 e. The largest absolute Gasteiger partial charge is 0.479 e. The second kappa shape index (κ2) is 6.49. The molecule has 0 aromatic heterocycles. The Morgan fingerprint density at radius 2 is 2.17 bits per heavy atom. The van der Waals surface area contributed by atoms with E-state index in [1.54, 1.807) is 0 Å². The van der Waals surface area contributed by atoms with Gasteiger partial charge in [0.25, 0.3) is 0 Å². The van der Waals surface area contributed by atoms with E-state index >= 15 is 0 Å². The molecule has 1 fully saturated rings. The molecule has 18 heavy (non-hydrogen) atoms. The molecule has 2 unspecified atom stereocenters. The van der Waals surface area contributed by atoms with E-state index in [-0.39, 0.29) is 6.10 Å². The van der Waals surface area contributed by atoms with Gasteiger partial charge in [0.05, 0.1) is 12.7 Å². The van der Waals surface area contributed by atoms with Crippen LogP contribution < -0.4 is 5.48 Å². The van der Waals surface area contributed by atoms with Crippen LogP contribution in [0.15, 0.2) is 30.3 Å². The minimum absolute atomic E-state index is 0.0816. The Kier molecular flexibility index (Phi) is 4.69. The molecule has 1 saturated heterocycles. The first-order valence-corrected chi connectivity index (χ1v) is 6.02. The Labute approximate surface area is 106 Å². The fraction of sp³-hybridized carbons (Fsp3) is 0.462. The molecular formula is C13H17NO4. The zero-order chi connectivity index (χ0) is 12.8. The number of carboxylic acid groups (broad SMARTS) is 1. The molecule has 2 rings (SSSR count). The van der Waals surface area contributed by atoms with Crippen molar-refractivity contribution in [3.63, 3.8) is 0 Å². The van der Waals surface area contributed by atoms with Gasteiger partial charge in [0.2, 0.25) is 0 Å². The molecule has 0 amide bonds. The maximum atomic E-state index is 10.7. The maximum absolute atomic E-state index is 10.7. The highest BCUT2D eigenvalue weighted by molar-refractivity contribution is 5.72. The lowest BCUT2D eigenvalue weighted by molar-refractivity contribution is -0.149. The van der Waals surface area contributed by atoms with E-state index in [0.29, 0.717) is 19.6 Å². The van der Waals surface area contributed by atoms with Crippen LogP contribution in [0.1, 0.15) is 18.4 Å². The molecule has 2 atom stereocenters. The number of aliphatic carboxylic acids is 1. The smallest absolute Gasteiger partial charge is 0.332 e. The van der Waals surface area contributed by atoms with Gasteiger partial charge in [0, 0.05) is 6.54 Å². The SMILES string of the molecule is O=C(O)C1CCC(CNOCc2ccccc2)O1. The predicted molar refractivity (Wildman–Crippen MR) is 64.8 cm³/mol. The number of carboxylic acids is 1. The summed E-state index contributed by atoms with van der Waals surface area (Å²) in [5, 5.41) is 8.77. The third-order valence-corrected chi connectivity index (χ3v) is 2.88. The average molecular weight is 251 g/mol. The van der Waals surface area contributed by atoms with Crippen molar-refractivity contribution in [3.8, 4) is 0 Å². The van der Waals surface area contributed by atoms with Gasteiger partial charge in [-0.05, 0) is 18.4 Å². The maximum Gasteiger partial charge on any atom is 0.332 e. The Balaban J connectivity index is 1.61. The lowest BCUT2D eigenvalue weighted by atomic mass is 10.2. The zero-order valence-corrected chi connectivity index (χ0v) is 10.0. The summed E-state index contributed by atoms with van der Waals surface area (Å²) in [6.07, 6.45) is 0.576. The number of carbonyl (C=O) groups is 1. The molecule has 0 aliphatic carbocycles. The number of hydroxylamine groups is 1. The molecule has 1 aromatic rings. The van der Waals surface area contributed by atoms with Crippen molar-refractivity contribution < 1.29 is 19.5 Å². The monoisotopic (exact) mass is 251 g/mol. The number of ether oxygens (including phenoxy) is 1. The molecule has 5 heteroatoms. The molecule has 0 saturated carbocycles. The van der Waals surface area contributed by atoms with E-state index < -0.39 is 12.1 Å². The average Bonchev–Trinajstić information content (AvgIpc) is 2.85. The van der Waals surface area contributed by atoms with Crippen LogP contribution in [0, 0.1) is 0 Å². The molecule has 0 bridgehead atoms. The molecular weight excluding hydrogens is 234 g/mol. The summed E-state index contributed by atoms with van der Waals surface area (Å²) in [6.45, 7) is 0.993. The topological polar surface area (TPSA) is 67.8 Å². The second-order valence-electron chi connectivity index (χ2n) is 4.29. The van der Waals surface area contributed by atoms with Gasteiger partial charge in [-0.2, -0.15) is 5.48 Å². The summed E-state index contributed by atoms with van der Waals surface area (Å²) in [7, 11) is 0. The van der Waals surface area contributed by atoms with Crippen molar-refractivity contribution in [2.45, 2.75) is 31.7 Å². The van der Waals surface area contributed by atoms with Crippen LogP contribution >= 0.6 is 0 Å². The number of hydrogen-bond acceptors (Lipinski definition) is 4. The van der Waals surface area contributed by atoms with E-state index in [1.807, 2.05) is 30.3 Å². The van der Waals surface area contributed by atoms with Gasteiger partial charge < -0.3 is 9.84 Å². The third kappa shape index (κ3) is 3.80. The van der Waals surface area contributed by atoms with Gasteiger partial charge in [-0.15, -0.1) is 0 Å². The standard InChI is InChI=1S/C13H17NO4/c15-13(16)12-7-6-11(18-12)8-14-17-9-10-4-2-1-3-5-10/h1-5,11-12,14H,6-9H2,(H,15,16). The number of benzene rings is 1. The van der Waals surface area contributed by atoms with Crippen molar-refractivity contribution in [2.75, 3.05) is 6.54 Å². The first-order valence-electron chi connectivity index (χ1n) is 6.02. The van der Waals surface area contributed by atoms with Crippen LogP contribution in [0.25, 0.3) is 0 Å². The van der Waals surface area contributed by atoms with Gasteiger partial charge >= 0.3 is 5.97 Å². The van der Waals surface area contributed by atoms with Gasteiger partial charge in [-0.3, -0.25) is 4.84 Å². The van der Waals surface area contributed by atoms with Crippen LogP contribution in [-0.2, 0) is 21.0 Å². The highest BCUT2D eigenvalue weighted by atomic mass is 16.6. The van der Waals surface area contributed by atoms with Crippen LogP contribution in [-0.4, -0.2) is 29.8 Å². The lowest BCUT2D eigenvalue weighted by Gasteiger charge is -2.12. The van der Waals surface area contributed by atoms with E-state index in [1.165, 1.54) is 0 Å². The molecule has 2 N–H and O–H groups in total. The molecule has 5 nitrogen and oxygen atoms in total. The molecule has 1 aromatic carbocycles. The number of nitrogens with one attached hydrogen (secondary N) is 1. The summed E-state index contributed by atoms with van der Waals surface area (Å²) >= 11 is 0. The number of rotatable bonds is 6. The van der Waals surface area contributed by atoms with Crippen molar-refractivity contribution >= 4 is 5.97 Å². The zero-order valence-electron chi connectivity index (χ0n) is 10.0. The van der Waals surface area contributed by atoms with E-state index in [0.717, 1.165) is 12.0 Å². The third-order valence-electron chi connectivity index (χ3n) is 2.88. The van der Waals surface area contributed by atoms with Crippen molar-refractivity contribution in [1.29, 1.82) is 0 Å². The van der Waals surface area contributed by atoms with Crippen molar-refractivity contribution in [3.05, 3.63) is 35.9 Å². The fourth-order valence-corrected chi connectivity index (χ4v) is 1.90. The molecule has 1 aliphatic rings. The summed E-state index contributed by atoms with van der Waals surface area (Å²) < 4.78 is 5.33. The summed E-state index contributed by atoms with van der Waals surface area (Å²) in [6, 6.07) is 9.82. The van der Waals surface area contributed by atoms with Crippen LogP contribution in [0.4, 0.5) is 0 Å². The van der Waals surface area contributed by atoms with E-state index in [2.05, 4.69) is 5.48 Å². The molecule has 0 spiro atoms. The summed E-state index contributed by atoms with van der Waals surface area (Å²) in [5.41, 5.74) is 3.90. The van der Waals surface area contributed by atoms with Crippen LogP contribution in [0.2, 0.25) is 0 Å². The highest BCUT2D eigenvalue weighted by Gasteiger charge is 2.30. The first kappa shape index (κ1) is 13.0. The molecule has 98 valence electrons. The molecule has 1 aliphatic heterocycles. The minimum atomic E-state index is -0.886. The normalized spacial score (nSPS) is 23.1. The fourth-order valence-electron chi connectivity index (χ4n) is 1.90. The Bertz CT molecular complexity index is 382. The van der Waals surface area contributed by atoms with Gasteiger partial charge in [-0.25, -0.2) is 4.79 Å².